The Morgan fingerprint density at radius 2 is 1.81 bits per heavy atom. The Morgan fingerprint density at radius 1 is 1.14 bits per heavy atom. The summed E-state index contributed by atoms with van der Waals surface area (Å²) in [6.45, 7) is 0. The number of rotatable bonds is 4. The highest BCUT2D eigenvalue weighted by Crippen LogP contribution is 2.27. The Hall–Kier alpha value is -1.34. The third kappa shape index (κ3) is 3.65. The number of sulfonamides is 1. The monoisotopic (exact) mass is 360 g/mol. The van der Waals surface area contributed by atoms with Crippen molar-refractivity contribution in [2.24, 2.45) is 5.73 Å². The highest BCUT2D eigenvalue weighted by Gasteiger charge is 2.20. The molecule has 2 aromatic rings. The second-order valence-electron chi connectivity index (χ2n) is 4.09. The Kier molecular flexibility index (Phi) is 4.73. The van der Waals surface area contributed by atoms with E-state index in [4.69, 9.17) is 41.2 Å². The Balaban J connectivity index is 2.48. The summed E-state index contributed by atoms with van der Waals surface area (Å²) >= 11 is 16.6. The van der Waals surface area contributed by atoms with E-state index in [9.17, 15) is 8.42 Å². The van der Waals surface area contributed by atoms with Crippen molar-refractivity contribution in [3.63, 3.8) is 0 Å². The maximum absolute atomic E-state index is 12.4. The van der Waals surface area contributed by atoms with Crippen LogP contribution < -0.4 is 10.5 Å². The number of benzene rings is 2. The summed E-state index contributed by atoms with van der Waals surface area (Å²) in [5, 5.41) is 0.335. The maximum atomic E-state index is 12.4. The Morgan fingerprint density at radius 3 is 2.48 bits per heavy atom. The zero-order chi connectivity index (χ0) is 15.6. The lowest BCUT2D eigenvalue weighted by Crippen LogP contribution is -2.18. The second kappa shape index (κ2) is 6.19. The molecule has 0 aliphatic carbocycles. The molecule has 2 rings (SSSR count). The summed E-state index contributed by atoms with van der Waals surface area (Å²) in [6, 6.07) is 10.8. The van der Waals surface area contributed by atoms with E-state index in [0.717, 1.165) is 0 Å². The minimum absolute atomic E-state index is 0.0692. The first kappa shape index (κ1) is 16.0. The van der Waals surface area contributed by atoms with Crippen molar-refractivity contribution in [1.82, 2.24) is 0 Å². The van der Waals surface area contributed by atoms with Crippen molar-refractivity contribution in [3.05, 3.63) is 58.1 Å². The van der Waals surface area contributed by atoms with Crippen LogP contribution in [0.5, 0.6) is 0 Å². The fourth-order valence-corrected chi connectivity index (χ4v) is 3.69. The van der Waals surface area contributed by atoms with Crippen molar-refractivity contribution >= 4 is 56.1 Å². The van der Waals surface area contributed by atoms with Crippen LogP contribution in [0, 0.1) is 0 Å². The molecule has 0 aliphatic rings. The molecule has 0 amide bonds. The molecule has 2 aromatic carbocycles. The molecule has 0 saturated carbocycles. The van der Waals surface area contributed by atoms with Gasteiger partial charge in [-0.15, -0.1) is 0 Å². The van der Waals surface area contributed by atoms with Crippen LogP contribution in [0.25, 0.3) is 0 Å². The lowest BCUT2D eigenvalue weighted by molar-refractivity contribution is 0.601. The number of thiocarbonyl (C=S) groups is 1. The molecule has 0 aromatic heterocycles. The number of nitrogens with one attached hydrogen (secondary N) is 1. The highest BCUT2D eigenvalue weighted by atomic mass is 35.5. The van der Waals surface area contributed by atoms with E-state index in [1.54, 1.807) is 24.3 Å². The summed E-state index contributed by atoms with van der Waals surface area (Å²) in [4.78, 5) is -0.0279. The number of hydrogen-bond acceptors (Lipinski definition) is 3. The average molecular weight is 361 g/mol. The number of anilines is 1. The molecule has 4 nitrogen and oxygen atoms in total. The smallest absolute Gasteiger partial charge is 0.263 e. The molecule has 8 heteroatoms. The summed E-state index contributed by atoms with van der Waals surface area (Å²) in [7, 11) is -3.90. The van der Waals surface area contributed by atoms with Crippen LogP contribution in [0.4, 0.5) is 5.69 Å². The first-order chi connectivity index (χ1) is 9.81. The van der Waals surface area contributed by atoms with Crippen LogP contribution in [0.1, 0.15) is 5.56 Å². The first-order valence-electron chi connectivity index (χ1n) is 5.68. The van der Waals surface area contributed by atoms with Crippen molar-refractivity contribution < 1.29 is 8.42 Å². The van der Waals surface area contributed by atoms with Crippen LogP contribution in [0.15, 0.2) is 47.4 Å². The van der Waals surface area contributed by atoms with Crippen LogP contribution in [-0.2, 0) is 10.0 Å². The van der Waals surface area contributed by atoms with Crippen molar-refractivity contribution in [2.75, 3.05) is 4.72 Å². The third-order valence-corrected chi connectivity index (χ3v) is 4.92. The molecular formula is C13H10Cl2N2O2S2. The van der Waals surface area contributed by atoms with Gasteiger partial charge in [0.05, 0.1) is 10.7 Å². The summed E-state index contributed by atoms with van der Waals surface area (Å²) in [6.07, 6.45) is 0. The zero-order valence-corrected chi connectivity index (χ0v) is 13.7. The van der Waals surface area contributed by atoms with Crippen molar-refractivity contribution in [3.8, 4) is 0 Å². The fourth-order valence-electron chi connectivity index (χ4n) is 1.67. The SMILES string of the molecule is NC(=S)c1ccccc1NS(=O)(=O)c1cc(Cl)ccc1Cl. The predicted molar refractivity (Wildman–Crippen MR) is 89.6 cm³/mol. The van der Waals surface area contributed by atoms with Crippen LogP contribution >= 0.6 is 35.4 Å². The van der Waals surface area contributed by atoms with Gasteiger partial charge < -0.3 is 5.73 Å². The highest BCUT2D eigenvalue weighted by molar-refractivity contribution is 7.92. The van der Waals surface area contributed by atoms with Crippen molar-refractivity contribution in [1.29, 1.82) is 0 Å². The largest absolute Gasteiger partial charge is 0.389 e. The van der Waals surface area contributed by atoms with Gasteiger partial charge in [0.2, 0.25) is 0 Å². The predicted octanol–water partition coefficient (Wildman–Crippen LogP) is 3.43. The van der Waals surface area contributed by atoms with Gasteiger partial charge in [0.15, 0.2) is 0 Å². The van der Waals surface area contributed by atoms with Gasteiger partial charge in [0, 0.05) is 10.6 Å². The van der Waals surface area contributed by atoms with Crippen LogP contribution in [0.3, 0.4) is 0 Å². The van der Waals surface area contributed by atoms with Gasteiger partial charge in [-0.3, -0.25) is 4.72 Å². The normalized spacial score (nSPS) is 11.1. The third-order valence-electron chi connectivity index (χ3n) is 2.62. The Bertz CT molecular complexity index is 808. The summed E-state index contributed by atoms with van der Waals surface area (Å²) < 4.78 is 27.2. The molecule has 0 unspecified atom stereocenters. The minimum Gasteiger partial charge on any atom is -0.389 e. The van der Waals surface area contributed by atoms with Crippen molar-refractivity contribution in [2.45, 2.75) is 4.90 Å². The second-order valence-corrected chi connectivity index (χ2v) is 7.02. The molecule has 0 heterocycles. The molecule has 21 heavy (non-hydrogen) atoms. The van der Waals surface area contributed by atoms with E-state index < -0.39 is 10.0 Å². The molecule has 0 saturated heterocycles. The van der Waals surface area contributed by atoms with E-state index in [1.165, 1.54) is 18.2 Å². The quantitative estimate of drug-likeness (QED) is 0.819. The first-order valence-corrected chi connectivity index (χ1v) is 8.33. The number of nitrogens with two attached hydrogens (primary N) is 1. The molecule has 0 atom stereocenters. The van der Waals surface area contributed by atoms with Gasteiger partial charge in [0.25, 0.3) is 10.0 Å². The molecule has 0 bridgehead atoms. The van der Waals surface area contributed by atoms with E-state index in [-0.39, 0.29) is 25.6 Å². The minimum atomic E-state index is -3.90. The Labute approximate surface area is 137 Å². The summed E-state index contributed by atoms with van der Waals surface area (Å²) in [5.41, 5.74) is 6.28. The van der Waals surface area contributed by atoms with Crippen LogP contribution in [-0.4, -0.2) is 13.4 Å². The van der Waals surface area contributed by atoms with Crippen LogP contribution in [0.2, 0.25) is 10.0 Å². The lowest BCUT2D eigenvalue weighted by Gasteiger charge is -2.12. The van der Waals surface area contributed by atoms with Gasteiger partial charge in [0.1, 0.15) is 9.88 Å². The van der Waals surface area contributed by atoms with E-state index in [2.05, 4.69) is 4.72 Å². The standard InChI is InChI=1S/C13H10Cl2N2O2S2/c14-8-5-6-10(15)12(7-8)21(18,19)17-11-4-2-1-3-9(11)13(16)20/h1-7,17H,(H2,16,20). The van der Waals surface area contributed by atoms with Gasteiger partial charge >= 0.3 is 0 Å². The summed E-state index contributed by atoms with van der Waals surface area (Å²) in [5.74, 6) is 0. The molecule has 0 aliphatic heterocycles. The zero-order valence-electron chi connectivity index (χ0n) is 10.5. The van der Waals surface area contributed by atoms with Gasteiger partial charge in [-0.25, -0.2) is 8.42 Å². The van der Waals surface area contributed by atoms with Gasteiger partial charge in [-0.2, -0.15) is 0 Å². The van der Waals surface area contributed by atoms with E-state index in [1.807, 2.05) is 0 Å². The molecule has 110 valence electrons. The average Bonchev–Trinajstić information content (AvgIpc) is 2.41. The fraction of sp³-hybridized carbons (Fsp3) is 0. The van der Waals surface area contributed by atoms with Gasteiger partial charge in [-0.05, 0) is 30.3 Å². The topological polar surface area (TPSA) is 72.2 Å². The lowest BCUT2D eigenvalue weighted by atomic mass is 10.2. The molecular weight excluding hydrogens is 351 g/mol. The molecule has 0 radical (unpaired) electrons. The molecule has 0 spiro atoms. The number of halogens is 2. The molecule has 3 N–H and O–H groups in total. The van der Waals surface area contributed by atoms with Gasteiger partial charge in [-0.1, -0.05) is 47.6 Å². The number of para-hydroxylation sites is 1. The maximum Gasteiger partial charge on any atom is 0.263 e. The molecule has 0 fully saturated rings. The van der Waals surface area contributed by atoms with E-state index >= 15 is 0 Å². The number of hydrogen-bond donors (Lipinski definition) is 2. The van der Waals surface area contributed by atoms with E-state index in [0.29, 0.717) is 5.56 Å².